The van der Waals surface area contributed by atoms with Crippen LogP contribution in [0.5, 0.6) is 0 Å². The Morgan fingerprint density at radius 1 is 0.913 bits per heavy atom. The van der Waals surface area contributed by atoms with E-state index in [0.29, 0.717) is 0 Å². The summed E-state index contributed by atoms with van der Waals surface area (Å²) in [5.41, 5.74) is -2.23. The van der Waals surface area contributed by atoms with Crippen LogP contribution < -0.4 is 4.84 Å². The molecule has 124 valence electrons. The molecule has 9 heteroatoms. The van der Waals surface area contributed by atoms with Gasteiger partial charge in [-0.2, -0.15) is 26.3 Å². The van der Waals surface area contributed by atoms with Crippen LogP contribution in [0.15, 0.2) is 42.6 Å². The SMILES string of the molecule is FC(F)(F)c1ccc(C(NCl)c2ncccc2C(F)(F)F)cc1. The predicted molar refractivity (Wildman–Crippen MR) is 71.5 cm³/mol. The largest absolute Gasteiger partial charge is 0.418 e. The summed E-state index contributed by atoms with van der Waals surface area (Å²) in [5.74, 6) is 0. The number of rotatable bonds is 3. The number of aromatic nitrogens is 1. The molecule has 0 saturated heterocycles. The Morgan fingerprint density at radius 2 is 1.52 bits per heavy atom. The molecule has 1 atom stereocenters. The van der Waals surface area contributed by atoms with Gasteiger partial charge in [-0.1, -0.05) is 12.1 Å². The van der Waals surface area contributed by atoms with Crippen molar-refractivity contribution >= 4 is 11.8 Å². The van der Waals surface area contributed by atoms with Crippen LogP contribution in [0, 0.1) is 0 Å². The monoisotopic (exact) mass is 354 g/mol. The van der Waals surface area contributed by atoms with Gasteiger partial charge in [0.2, 0.25) is 0 Å². The molecule has 1 unspecified atom stereocenters. The van der Waals surface area contributed by atoms with E-state index in [-0.39, 0.29) is 5.56 Å². The number of halogens is 7. The second kappa shape index (κ2) is 6.37. The van der Waals surface area contributed by atoms with Crippen LogP contribution in [0.3, 0.4) is 0 Å². The molecule has 0 aliphatic carbocycles. The van der Waals surface area contributed by atoms with E-state index < -0.39 is 35.2 Å². The maximum Gasteiger partial charge on any atom is 0.418 e. The van der Waals surface area contributed by atoms with E-state index in [1.165, 1.54) is 0 Å². The van der Waals surface area contributed by atoms with Gasteiger partial charge in [-0.25, -0.2) is 4.84 Å². The fourth-order valence-corrected chi connectivity index (χ4v) is 2.25. The van der Waals surface area contributed by atoms with Crippen molar-refractivity contribution in [2.24, 2.45) is 0 Å². The van der Waals surface area contributed by atoms with E-state index in [2.05, 4.69) is 9.82 Å². The number of nitrogens with zero attached hydrogens (tertiary/aromatic N) is 1. The standard InChI is InChI=1S/C14H9ClF6N2/c15-23-11(8-3-5-9(6-4-8)13(16,17)18)12-10(14(19,20)21)2-1-7-22-12/h1-7,11,23H. The normalized spacial score (nSPS) is 13.9. The highest BCUT2D eigenvalue weighted by atomic mass is 35.5. The van der Waals surface area contributed by atoms with Gasteiger partial charge >= 0.3 is 12.4 Å². The van der Waals surface area contributed by atoms with E-state index >= 15 is 0 Å². The van der Waals surface area contributed by atoms with Gasteiger partial charge in [-0.15, -0.1) is 0 Å². The summed E-state index contributed by atoms with van der Waals surface area (Å²) >= 11 is 5.51. The molecule has 1 heterocycles. The zero-order chi connectivity index (χ0) is 17.3. The van der Waals surface area contributed by atoms with Crippen LogP contribution in [-0.4, -0.2) is 4.98 Å². The maximum atomic E-state index is 13.0. The van der Waals surface area contributed by atoms with E-state index in [9.17, 15) is 26.3 Å². The summed E-state index contributed by atoms with van der Waals surface area (Å²) in [4.78, 5) is 5.81. The summed E-state index contributed by atoms with van der Waals surface area (Å²) in [5, 5.41) is 0. The summed E-state index contributed by atoms with van der Waals surface area (Å²) in [6.45, 7) is 0. The van der Waals surface area contributed by atoms with Crippen molar-refractivity contribution in [2.45, 2.75) is 18.4 Å². The van der Waals surface area contributed by atoms with E-state index in [1.807, 2.05) is 0 Å². The number of hydrogen-bond donors (Lipinski definition) is 1. The highest BCUT2D eigenvalue weighted by Crippen LogP contribution is 2.36. The molecule has 1 aromatic heterocycles. The van der Waals surface area contributed by atoms with Gasteiger partial charge in [0.1, 0.15) is 0 Å². The van der Waals surface area contributed by atoms with Crippen molar-refractivity contribution in [1.29, 1.82) is 0 Å². The Bertz CT molecular complexity index is 666. The zero-order valence-corrected chi connectivity index (χ0v) is 12.0. The first-order valence-corrected chi connectivity index (χ1v) is 6.58. The highest BCUT2D eigenvalue weighted by molar-refractivity contribution is 6.13. The molecular formula is C14H9ClF6N2. The van der Waals surface area contributed by atoms with Gasteiger partial charge in [-0.05, 0) is 41.6 Å². The van der Waals surface area contributed by atoms with E-state index in [1.54, 1.807) is 0 Å². The summed E-state index contributed by atoms with van der Waals surface area (Å²) < 4.78 is 76.7. The molecule has 0 amide bonds. The average molecular weight is 355 g/mol. The minimum atomic E-state index is -4.67. The Balaban J connectivity index is 2.45. The molecule has 23 heavy (non-hydrogen) atoms. The second-order valence-corrected chi connectivity index (χ2v) is 4.81. The topological polar surface area (TPSA) is 24.9 Å². The molecule has 0 radical (unpaired) electrons. The van der Waals surface area contributed by atoms with Crippen molar-refractivity contribution < 1.29 is 26.3 Å². The number of nitrogens with one attached hydrogen (secondary N) is 1. The summed E-state index contributed by atoms with van der Waals surface area (Å²) in [7, 11) is 0. The van der Waals surface area contributed by atoms with Gasteiger partial charge in [0.15, 0.2) is 0 Å². The molecule has 2 rings (SSSR count). The molecule has 0 fully saturated rings. The van der Waals surface area contributed by atoms with Crippen LogP contribution in [0.25, 0.3) is 0 Å². The molecule has 0 spiro atoms. The predicted octanol–water partition coefficient (Wildman–Crippen LogP) is 4.95. The molecular weight excluding hydrogens is 346 g/mol. The first-order valence-electron chi connectivity index (χ1n) is 6.20. The Hall–Kier alpha value is -1.80. The minimum Gasteiger partial charge on any atom is -0.259 e. The molecule has 0 saturated carbocycles. The van der Waals surface area contributed by atoms with Crippen molar-refractivity contribution in [1.82, 2.24) is 9.82 Å². The smallest absolute Gasteiger partial charge is 0.259 e. The van der Waals surface area contributed by atoms with Gasteiger partial charge in [0.05, 0.1) is 22.9 Å². The van der Waals surface area contributed by atoms with E-state index in [4.69, 9.17) is 11.8 Å². The molecule has 2 nitrogen and oxygen atoms in total. The third-order valence-electron chi connectivity index (χ3n) is 3.10. The first kappa shape index (κ1) is 17.6. The van der Waals surface area contributed by atoms with Crippen LogP contribution in [-0.2, 0) is 12.4 Å². The number of benzene rings is 1. The molecule has 1 N–H and O–H groups in total. The molecule has 2 aromatic rings. The van der Waals surface area contributed by atoms with Crippen LogP contribution >= 0.6 is 11.8 Å². The molecule has 1 aromatic carbocycles. The third-order valence-corrected chi connectivity index (χ3v) is 3.32. The number of pyridine rings is 1. The summed E-state index contributed by atoms with van der Waals surface area (Å²) in [6, 6.07) is 4.38. The number of alkyl halides is 6. The molecule has 0 bridgehead atoms. The lowest BCUT2D eigenvalue weighted by molar-refractivity contribution is -0.139. The Kier molecular flexibility index (Phi) is 4.86. The van der Waals surface area contributed by atoms with Gasteiger partial charge < -0.3 is 0 Å². The highest BCUT2D eigenvalue weighted by Gasteiger charge is 2.36. The molecule has 0 aliphatic heterocycles. The van der Waals surface area contributed by atoms with Crippen molar-refractivity contribution in [3.63, 3.8) is 0 Å². The maximum absolute atomic E-state index is 13.0. The van der Waals surface area contributed by atoms with Crippen molar-refractivity contribution in [3.8, 4) is 0 Å². The van der Waals surface area contributed by atoms with E-state index in [0.717, 1.165) is 42.6 Å². The lowest BCUT2D eigenvalue weighted by Gasteiger charge is -2.20. The fraction of sp³-hybridized carbons (Fsp3) is 0.214. The first-order chi connectivity index (χ1) is 10.6. The van der Waals surface area contributed by atoms with Crippen LogP contribution in [0.2, 0.25) is 0 Å². The van der Waals surface area contributed by atoms with Crippen molar-refractivity contribution in [3.05, 3.63) is 65.0 Å². The van der Waals surface area contributed by atoms with Gasteiger partial charge in [0, 0.05) is 6.20 Å². The van der Waals surface area contributed by atoms with Gasteiger partial charge in [0.25, 0.3) is 0 Å². The lowest BCUT2D eigenvalue weighted by Crippen LogP contribution is -2.20. The Labute approximate surface area is 132 Å². The van der Waals surface area contributed by atoms with Crippen LogP contribution in [0.1, 0.15) is 28.4 Å². The lowest BCUT2D eigenvalue weighted by atomic mass is 9.99. The zero-order valence-electron chi connectivity index (χ0n) is 11.2. The third kappa shape index (κ3) is 3.94. The summed E-state index contributed by atoms with van der Waals surface area (Å²) in [6.07, 6.45) is -8.05. The second-order valence-electron chi connectivity index (χ2n) is 4.60. The fourth-order valence-electron chi connectivity index (χ4n) is 2.02. The van der Waals surface area contributed by atoms with Gasteiger partial charge in [-0.3, -0.25) is 4.98 Å². The minimum absolute atomic E-state index is 0.122. The van der Waals surface area contributed by atoms with Crippen LogP contribution in [0.4, 0.5) is 26.3 Å². The molecule has 0 aliphatic rings. The van der Waals surface area contributed by atoms with Crippen molar-refractivity contribution in [2.75, 3.05) is 0 Å². The number of hydrogen-bond acceptors (Lipinski definition) is 2. The Morgan fingerprint density at radius 3 is 2.00 bits per heavy atom. The quantitative estimate of drug-likeness (QED) is 0.623. The average Bonchev–Trinajstić information content (AvgIpc) is 2.47.